The number of carboxylic acids is 2. The van der Waals surface area contributed by atoms with E-state index in [1.807, 2.05) is 41.3 Å². The van der Waals surface area contributed by atoms with Crippen molar-refractivity contribution in [1.82, 2.24) is 19.3 Å². The lowest BCUT2D eigenvalue weighted by molar-refractivity contribution is -0.135. The molecular weight excluding hydrogens is 386 g/mol. The molecule has 2 heterocycles. The highest BCUT2D eigenvalue weighted by Gasteiger charge is 2.26. The largest absolute Gasteiger partial charge is 0.481 e. The van der Waals surface area contributed by atoms with Crippen LogP contribution in [0.2, 0.25) is 0 Å². The fourth-order valence-corrected chi connectivity index (χ4v) is 3.30. The number of aliphatic carboxylic acids is 2. The summed E-state index contributed by atoms with van der Waals surface area (Å²) < 4.78 is 4.19. The lowest BCUT2D eigenvalue weighted by Gasteiger charge is -2.16. The Bertz CT molecular complexity index is 931. The highest BCUT2D eigenvalue weighted by molar-refractivity contribution is 5.63. The van der Waals surface area contributed by atoms with E-state index in [0.717, 1.165) is 50.3 Å². The van der Waals surface area contributed by atoms with Crippen LogP contribution in [0.3, 0.4) is 0 Å². The number of aromatic nitrogens is 4. The van der Waals surface area contributed by atoms with E-state index >= 15 is 0 Å². The first kappa shape index (κ1) is 22.8. The molecule has 9 heteroatoms. The van der Waals surface area contributed by atoms with Gasteiger partial charge in [0.25, 0.3) is 11.9 Å². The van der Waals surface area contributed by atoms with Crippen molar-refractivity contribution in [2.24, 2.45) is 5.73 Å². The maximum Gasteiger partial charge on any atom is 0.300 e. The quantitative estimate of drug-likeness (QED) is 0.600. The Hall–Kier alpha value is -3.46. The van der Waals surface area contributed by atoms with Gasteiger partial charge in [0.05, 0.1) is 11.9 Å². The molecule has 1 aliphatic carbocycles. The van der Waals surface area contributed by atoms with E-state index in [-0.39, 0.29) is 0 Å². The summed E-state index contributed by atoms with van der Waals surface area (Å²) in [5.41, 5.74) is 8.12. The van der Waals surface area contributed by atoms with Crippen LogP contribution in [0.5, 0.6) is 0 Å². The monoisotopic (exact) mass is 413 g/mol. The minimum Gasteiger partial charge on any atom is -0.481 e. The summed E-state index contributed by atoms with van der Waals surface area (Å²) in [6.45, 7) is 2.17. The number of carboxylic acid groups (broad SMARTS) is 2. The van der Waals surface area contributed by atoms with Gasteiger partial charge in [0.15, 0.2) is 5.82 Å². The van der Waals surface area contributed by atoms with Crippen molar-refractivity contribution in [3.05, 3.63) is 55.0 Å². The van der Waals surface area contributed by atoms with Crippen LogP contribution in [0.15, 0.2) is 55.0 Å². The van der Waals surface area contributed by atoms with E-state index in [2.05, 4.69) is 33.0 Å². The SMILES string of the molecule is CC(=O)O.CC(=O)O.N[C@@H]1CC[C@@H](n2ccnc2-c2ccnn2-c2ccccc2)C1. The van der Waals surface area contributed by atoms with Crippen molar-refractivity contribution < 1.29 is 19.8 Å². The molecule has 0 spiro atoms. The Morgan fingerprint density at radius 2 is 1.67 bits per heavy atom. The Balaban J connectivity index is 0.000000347. The molecule has 4 rings (SSSR count). The van der Waals surface area contributed by atoms with Gasteiger partial charge in [0.1, 0.15) is 5.69 Å². The Kier molecular flexibility index (Phi) is 8.30. The van der Waals surface area contributed by atoms with Gasteiger partial charge in [-0.1, -0.05) is 18.2 Å². The van der Waals surface area contributed by atoms with Crippen molar-refractivity contribution in [3.63, 3.8) is 0 Å². The van der Waals surface area contributed by atoms with E-state index in [1.165, 1.54) is 0 Å². The third kappa shape index (κ3) is 6.56. The second-order valence-electron chi connectivity index (χ2n) is 6.89. The topological polar surface area (TPSA) is 136 Å². The standard InChI is InChI=1S/C17H19N5.2C2H4O2/c18-13-6-7-15(12-13)21-11-10-19-17(21)16-8-9-20-22(16)14-4-2-1-3-5-14;2*1-2(3)4/h1-5,8-11,13,15H,6-7,12,18H2;2*1H3,(H,3,4)/t13-,15-;;/m1../s1. The molecule has 30 heavy (non-hydrogen) atoms. The molecule has 9 nitrogen and oxygen atoms in total. The number of para-hydroxylation sites is 1. The summed E-state index contributed by atoms with van der Waals surface area (Å²) in [7, 11) is 0. The van der Waals surface area contributed by atoms with Gasteiger partial charge in [-0.3, -0.25) is 9.59 Å². The average Bonchev–Trinajstić information content (AvgIpc) is 3.41. The first-order valence-corrected chi connectivity index (χ1v) is 9.57. The number of hydrogen-bond acceptors (Lipinski definition) is 5. The van der Waals surface area contributed by atoms with E-state index in [1.54, 1.807) is 0 Å². The summed E-state index contributed by atoms with van der Waals surface area (Å²) in [4.78, 5) is 22.6. The molecule has 3 aromatic rings. The van der Waals surface area contributed by atoms with Gasteiger partial charge in [0, 0.05) is 38.3 Å². The van der Waals surface area contributed by atoms with E-state index in [0.29, 0.717) is 12.1 Å². The van der Waals surface area contributed by atoms with Crippen molar-refractivity contribution in [1.29, 1.82) is 0 Å². The predicted octanol–water partition coefficient (Wildman–Crippen LogP) is 2.97. The zero-order chi connectivity index (χ0) is 22.1. The minimum atomic E-state index is -0.833. The van der Waals surface area contributed by atoms with Crippen molar-refractivity contribution in [2.45, 2.75) is 45.2 Å². The zero-order valence-electron chi connectivity index (χ0n) is 17.0. The lowest BCUT2D eigenvalue weighted by atomic mass is 10.2. The minimum absolute atomic E-state index is 0.305. The number of benzene rings is 1. The molecule has 0 aliphatic heterocycles. The molecule has 2 aromatic heterocycles. The number of nitrogens with zero attached hydrogens (tertiary/aromatic N) is 4. The van der Waals surface area contributed by atoms with Crippen molar-refractivity contribution >= 4 is 11.9 Å². The van der Waals surface area contributed by atoms with Gasteiger partial charge >= 0.3 is 0 Å². The Labute approximate surface area is 174 Å². The average molecular weight is 413 g/mol. The summed E-state index contributed by atoms with van der Waals surface area (Å²) in [6, 6.07) is 12.9. The summed E-state index contributed by atoms with van der Waals surface area (Å²) in [5, 5.41) is 19.3. The lowest BCUT2D eigenvalue weighted by Crippen LogP contribution is -2.16. The van der Waals surface area contributed by atoms with Crippen LogP contribution in [-0.2, 0) is 9.59 Å². The molecule has 1 saturated carbocycles. The molecule has 1 fully saturated rings. The van der Waals surface area contributed by atoms with Crippen LogP contribution in [0, 0.1) is 0 Å². The van der Waals surface area contributed by atoms with Crippen LogP contribution in [0.25, 0.3) is 17.2 Å². The number of nitrogens with two attached hydrogens (primary N) is 1. The van der Waals surface area contributed by atoms with Gasteiger partial charge in [0.2, 0.25) is 0 Å². The molecular formula is C21H27N5O4. The van der Waals surface area contributed by atoms with Crippen LogP contribution in [0.1, 0.15) is 39.2 Å². The Morgan fingerprint density at radius 3 is 2.23 bits per heavy atom. The van der Waals surface area contributed by atoms with Crippen molar-refractivity contribution in [2.75, 3.05) is 0 Å². The predicted molar refractivity (Wildman–Crippen MR) is 112 cm³/mol. The van der Waals surface area contributed by atoms with Gasteiger partial charge < -0.3 is 20.5 Å². The molecule has 0 amide bonds. The van der Waals surface area contributed by atoms with Gasteiger partial charge in [-0.25, -0.2) is 9.67 Å². The molecule has 4 N–H and O–H groups in total. The fourth-order valence-electron chi connectivity index (χ4n) is 3.30. The maximum atomic E-state index is 9.00. The number of rotatable bonds is 3. The molecule has 160 valence electrons. The van der Waals surface area contributed by atoms with Gasteiger partial charge in [-0.05, 0) is 37.5 Å². The van der Waals surface area contributed by atoms with Gasteiger partial charge in [-0.2, -0.15) is 5.10 Å². The van der Waals surface area contributed by atoms with Crippen LogP contribution < -0.4 is 5.73 Å². The summed E-state index contributed by atoms with van der Waals surface area (Å²) in [6.07, 6.45) is 8.96. The molecule has 1 aliphatic rings. The second-order valence-corrected chi connectivity index (χ2v) is 6.89. The number of carbonyl (C=O) groups is 2. The van der Waals surface area contributed by atoms with Crippen LogP contribution in [0.4, 0.5) is 0 Å². The smallest absolute Gasteiger partial charge is 0.300 e. The zero-order valence-corrected chi connectivity index (χ0v) is 17.0. The number of hydrogen-bond donors (Lipinski definition) is 3. The normalized spacial score (nSPS) is 17.3. The third-order valence-corrected chi connectivity index (χ3v) is 4.38. The summed E-state index contributed by atoms with van der Waals surface area (Å²) in [5.74, 6) is -0.708. The Morgan fingerprint density at radius 1 is 1.03 bits per heavy atom. The van der Waals surface area contributed by atoms with E-state index in [9.17, 15) is 0 Å². The van der Waals surface area contributed by atoms with Crippen LogP contribution in [-0.4, -0.2) is 47.5 Å². The molecule has 0 bridgehead atoms. The summed E-state index contributed by atoms with van der Waals surface area (Å²) >= 11 is 0. The van der Waals surface area contributed by atoms with E-state index < -0.39 is 11.9 Å². The van der Waals surface area contributed by atoms with E-state index in [4.69, 9.17) is 25.5 Å². The first-order chi connectivity index (χ1) is 14.3. The highest BCUT2D eigenvalue weighted by atomic mass is 16.4. The maximum absolute atomic E-state index is 9.00. The fraction of sp³-hybridized carbons (Fsp3) is 0.333. The molecule has 1 aromatic carbocycles. The third-order valence-electron chi connectivity index (χ3n) is 4.38. The van der Waals surface area contributed by atoms with Crippen LogP contribution >= 0.6 is 0 Å². The van der Waals surface area contributed by atoms with Crippen molar-refractivity contribution in [3.8, 4) is 17.2 Å². The van der Waals surface area contributed by atoms with Gasteiger partial charge in [-0.15, -0.1) is 0 Å². The number of imidazole rings is 1. The first-order valence-electron chi connectivity index (χ1n) is 9.57. The molecule has 2 atom stereocenters. The molecule has 0 unspecified atom stereocenters. The molecule has 0 radical (unpaired) electrons. The highest BCUT2D eigenvalue weighted by Crippen LogP contribution is 2.32. The second kappa shape index (κ2) is 10.9. The molecule has 0 saturated heterocycles.